The number of carbonyl (C=O) groups is 1. The van der Waals surface area contributed by atoms with Crippen LogP contribution >= 0.6 is 11.6 Å². The van der Waals surface area contributed by atoms with Crippen LogP contribution < -0.4 is 0 Å². The van der Waals surface area contributed by atoms with Gasteiger partial charge in [0.2, 0.25) is 0 Å². The largest absolute Gasteiger partial charge is 0.459 e. The van der Waals surface area contributed by atoms with Gasteiger partial charge < -0.3 is 9.47 Å². The molecule has 1 unspecified atom stereocenters. The summed E-state index contributed by atoms with van der Waals surface area (Å²) >= 11 is 5.88. The molecule has 0 aromatic heterocycles. The van der Waals surface area contributed by atoms with Crippen molar-refractivity contribution < 1.29 is 14.3 Å². The highest BCUT2D eigenvalue weighted by Gasteiger charge is 2.18. The summed E-state index contributed by atoms with van der Waals surface area (Å²) in [5, 5.41) is 0.417. The first-order valence-electron chi connectivity index (χ1n) is 5.30. The van der Waals surface area contributed by atoms with E-state index in [2.05, 4.69) is 0 Å². The Bertz CT molecular complexity index is 372. The number of rotatable bonds is 3. The summed E-state index contributed by atoms with van der Waals surface area (Å²) < 4.78 is 10.5. The standard InChI is InChI=1S/C12H13ClO3/c13-11-6-2-1-5-10(11)12(14)16-8-9-4-3-7-15-9/h1-2,5-6,9H,3-4,7-8H2. The van der Waals surface area contributed by atoms with Gasteiger partial charge in [-0.05, 0) is 25.0 Å². The van der Waals surface area contributed by atoms with Gasteiger partial charge in [0, 0.05) is 6.61 Å². The fraction of sp³-hybridized carbons (Fsp3) is 0.417. The van der Waals surface area contributed by atoms with E-state index in [9.17, 15) is 4.79 Å². The lowest BCUT2D eigenvalue weighted by molar-refractivity contribution is 0.0161. The summed E-state index contributed by atoms with van der Waals surface area (Å²) in [5.74, 6) is -0.388. The second-order valence-electron chi connectivity index (χ2n) is 3.71. The quantitative estimate of drug-likeness (QED) is 0.762. The van der Waals surface area contributed by atoms with Gasteiger partial charge in [0.1, 0.15) is 6.61 Å². The molecule has 1 atom stereocenters. The molecule has 86 valence electrons. The number of benzene rings is 1. The highest BCUT2D eigenvalue weighted by atomic mass is 35.5. The van der Waals surface area contributed by atoms with Crippen molar-refractivity contribution in [1.29, 1.82) is 0 Å². The Balaban J connectivity index is 1.90. The summed E-state index contributed by atoms with van der Waals surface area (Å²) in [4.78, 5) is 11.7. The van der Waals surface area contributed by atoms with E-state index >= 15 is 0 Å². The maximum atomic E-state index is 11.7. The normalized spacial score (nSPS) is 19.7. The Morgan fingerprint density at radius 3 is 3.00 bits per heavy atom. The monoisotopic (exact) mass is 240 g/mol. The summed E-state index contributed by atoms with van der Waals surface area (Å²) in [6, 6.07) is 6.86. The molecule has 2 rings (SSSR count). The SMILES string of the molecule is O=C(OCC1CCCO1)c1ccccc1Cl. The summed E-state index contributed by atoms with van der Waals surface area (Å²) in [5.41, 5.74) is 0.405. The smallest absolute Gasteiger partial charge is 0.339 e. The molecule has 1 aromatic carbocycles. The molecule has 1 saturated heterocycles. The lowest BCUT2D eigenvalue weighted by Gasteiger charge is -2.10. The van der Waals surface area contributed by atoms with Crippen molar-refractivity contribution in [2.75, 3.05) is 13.2 Å². The topological polar surface area (TPSA) is 35.5 Å². The molecule has 16 heavy (non-hydrogen) atoms. The van der Waals surface area contributed by atoms with Crippen molar-refractivity contribution in [3.05, 3.63) is 34.9 Å². The van der Waals surface area contributed by atoms with Crippen molar-refractivity contribution in [1.82, 2.24) is 0 Å². The Hall–Kier alpha value is -1.06. The Labute approximate surface area is 99.3 Å². The molecule has 4 heteroatoms. The van der Waals surface area contributed by atoms with Crippen LogP contribution in [0.3, 0.4) is 0 Å². The molecule has 0 amide bonds. The second-order valence-corrected chi connectivity index (χ2v) is 4.12. The van der Waals surface area contributed by atoms with Gasteiger partial charge in [-0.25, -0.2) is 4.79 Å². The zero-order valence-electron chi connectivity index (χ0n) is 8.82. The number of ether oxygens (including phenoxy) is 2. The summed E-state index contributed by atoms with van der Waals surface area (Å²) in [7, 11) is 0. The number of halogens is 1. The highest BCUT2D eigenvalue weighted by molar-refractivity contribution is 6.33. The molecule has 1 fully saturated rings. The molecule has 3 nitrogen and oxygen atoms in total. The Morgan fingerprint density at radius 1 is 1.50 bits per heavy atom. The highest BCUT2D eigenvalue weighted by Crippen LogP contribution is 2.17. The predicted octanol–water partition coefficient (Wildman–Crippen LogP) is 2.68. The van der Waals surface area contributed by atoms with Crippen LogP contribution in [-0.4, -0.2) is 25.3 Å². The van der Waals surface area contributed by atoms with Gasteiger partial charge in [0.25, 0.3) is 0 Å². The van der Waals surface area contributed by atoms with Gasteiger partial charge in [-0.1, -0.05) is 23.7 Å². The van der Waals surface area contributed by atoms with E-state index in [-0.39, 0.29) is 12.1 Å². The Morgan fingerprint density at radius 2 is 2.31 bits per heavy atom. The average molecular weight is 241 g/mol. The zero-order chi connectivity index (χ0) is 11.4. The van der Waals surface area contributed by atoms with Crippen molar-refractivity contribution >= 4 is 17.6 Å². The fourth-order valence-corrected chi connectivity index (χ4v) is 1.86. The van der Waals surface area contributed by atoms with E-state index in [1.54, 1.807) is 24.3 Å². The van der Waals surface area contributed by atoms with Crippen LogP contribution in [0.4, 0.5) is 0 Å². The van der Waals surface area contributed by atoms with Crippen LogP contribution in [0.2, 0.25) is 5.02 Å². The summed E-state index contributed by atoms with van der Waals surface area (Å²) in [6.45, 7) is 1.07. The number of esters is 1. The first kappa shape index (κ1) is 11.4. The van der Waals surface area contributed by atoms with Crippen LogP contribution in [0.15, 0.2) is 24.3 Å². The average Bonchev–Trinajstić information content (AvgIpc) is 2.79. The minimum Gasteiger partial charge on any atom is -0.459 e. The van der Waals surface area contributed by atoms with Crippen LogP contribution in [0.5, 0.6) is 0 Å². The molecule has 0 radical (unpaired) electrons. The first-order valence-corrected chi connectivity index (χ1v) is 5.68. The predicted molar refractivity (Wildman–Crippen MR) is 60.7 cm³/mol. The van der Waals surface area contributed by atoms with E-state index in [0.717, 1.165) is 19.4 Å². The lowest BCUT2D eigenvalue weighted by atomic mass is 10.2. The van der Waals surface area contributed by atoms with Crippen LogP contribution in [-0.2, 0) is 9.47 Å². The maximum absolute atomic E-state index is 11.7. The van der Waals surface area contributed by atoms with Gasteiger partial charge in [-0.2, -0.15) is 0 Å². The number of hydrogen-bond acceptors (Lipinski definition) is 3. The third kappa shape index (κ3) is 2.74. The van der Waals surface area contributed by atoms with Crippen LogP contribution in [0, 0.1) is 0 Å². The van der Waals surface area contributed by atoms with E-state index in [4.69, 9.17) is 21.1 Å². The van der Waals surface area contributed by atoms with Crippen molar-refractivity contribution in [2.45, 2.75) is 18.9 Å². The molecular weight excluding hydrogens is 228 g/mol. The minimum absolute atomic E-state index is 0.0476. The Kier molecular flexibility index (Phi) is 3.80. The van der Waals surface area contributed by atoms with E-state index < -0.39 is 0 Å². The molecule has 1 aliphatic rings. The zero-order valence-corrected chi connectivity index (χ0v) is 9.57. The van der Waals surface area contributed by atoms with Crippen molar-refractivity contribution in [3.8, 4) is 0 Å². The second kappa shape index (κ2) is 5.32. The van der Waals surface area contributed by atoms with Gasteiger partial charge in [0.15, 0.2) is 0 Å². The van der Waals surface area contributed by atoms with Crippen molar-refractivity contribution in [3.63, 3.8) is 0 Å². The van der Waals surface area contributed by atoms with E-state index in [0.29, 0.717) is 17.2 Å². The van der Waals surface area contributed by atoms with Gasteiger partial charge in [-0.15, -0.1) is 0 Å². The lowest BCUT2D eigenvalue weighted by Crippen LogP contribution is -2.18. The maximum Gasteiger partial charge on any atom is 0.339 e. The molecule has 1 aromatic rings. The molecule has 1 aliphatic heterocycles. The van der Waals surface area contributed by atoms with Gasteiger partial charge in [-0.3, -0.25) is 0 Å². The molecular formula is C12H13ClO3. The summed E-state index contributed by atoms with van der Waals surface area (Å²) in [6.07, 6.45) is 2.04. The van der Waals surface area contributed by atoms with Crippen molar-refractivity contribution in [2.24, 2.45) is 0 Å². The van der Waals surface area contributed by atoms with Gasteiger partial charge in [0.05, 0.1) is 16.7 Å². The molecule has 0 saturated carbocycles. The fourth-order valence-electron chi connectivity index (χ4n) is 1.65. The molecule has 0 spiro atoms. The molecule has 0 aliphatic carbocycles. The third-order valence-corrected chi connectivity index (χ3v) is 2.85. The number of carbonyl (C=O) groups excluding carboxylic acids is 1. The van der Waals surface area contributed by atoms with E-state index in [1.807, 2.05) is 0 Å². The first-order chi connectivity index (χ1) is 7.77. The molecule has 0 N–H and O–H groups in total. The molecule has 1 heterocycles. The third-order valence-electron chi connectivity index (χ3n) is 2.52. The minimum atomic E-state index is -0.388. The van der Waals surface area contributed by atoms with Crippen LogP contribution in [0.1, 0.15) is 23.2 Å². The van der Waals surface area contributed by atoms with Gasteiger partial charge >= 0.3 is 5.97 Å². The number of hydrogen-bond donors (Lipinski definition) is 0. The van der Waals surface area contributed by atoms with Crippen LogP contribution in [0.25, 0.3) is 0 Å². The molecule has 0 bridgehead atoms. The van der Waals surface area contributed by atoms with E-state index in [1.165, 1.54) is 0 Å².